The third kappa shape index (κ3) is 2.37. The lowest BCUT2D eigenvalue weighted by Gasteiger charge is -2.24. The summed E-state index contributed by atoms with van der Waals surface area (Å²) >= 11 is 6.14. The van der Waals surface area contributed by atoms with Crippen LogP contribution in [0.4, 0.5) is 0 Å². The number of aliphatic carboxylic acids is 1. The Morgan fingerprint density at radius 3 is 2.89 bits per heavy atom. The maximum Gasteiger partial charge on any atom is 0.305 e. The van der Waals surface area contributed by atoms with Gasteiger partial charge in [0.2, 0.25) is 0 Å². The summed E-state index contributed by atoms with van der Waals surface area (Å²) in [6.45, 7) is 2.74. The van der Waals surface area contributed by atoms with Crippen molar-refractivity contribution in [2.45, 2.75) is 19.4 Å². The Labute approximate surface area is 109 Å². The monoisotopic (exact) mass is 271 g/mol. The third-order valence-corrected chi connectivity index (χ3v) is 3.15. The Morgan fingerprint density at radius 1 is 1.56 bits per heavy atom. The molecule has 0 spiro atoms. The molecule has 0 aliphatic carbocycles. The van der Waals surface area contributed by atoms with Gasteiger partial charge in [-0.25, -0.2) is 0 Å². The van der Waals surface area contributed by atoms with Gasteiger partial charge in [-0.2, -0.15) is 0 Å². The van der Waals surface area contributed by atoms with E-state index in [9.17, 15) is 4.79 Å². The standard InChI is InChI=1S/C12H14ClNO4/c1-6-11(8(14)5-10(15)16)7(13)4-9-12(6)18-3-2-17-9/h4,8H,2-3,5,14H2,1H3,(H,15,16). The van der Waals surface area contributed by atoms with Crippen molar-refractivity contribution < 1.29 is 19.4 Å². The van der Waals surface area contributed by atoms with Crippen LogP contribution in [0, 0.1) is 6.92 Å². The van der Waals surface area contributed by atoms with Crippen molar-refractivity contribution in [3.8, 4) is 11.5 Å². The molecule has 0 saturated carbocycles. The van der Waals surface area contributed by atoms with E-state index in [0.29, 0.717) is 35.3 Å². The van der Waals surface area contributed by atoms with Gasteiger partial charge in [0, 0.05) is 22.7 Å². The molecule has 3 N–H and O–H groups in total. The highest BCUT2D eigenvalue weighted by atomic mass is 35.5. The molecular formula is C12H14ClNO4. The van der Waals surface area contributed by atoms with Gasteiger partial charge in [-0.15, -0.1) is 0 Å². The van der Waals surface area contributed by atoms with Gasteiger partial charge in [0.15, 0.2) is 11.5 Å². The lowest BCUT2D eigenvalue weighted by molar-refractivity contribution is -0.137. The van der Waals surface area contributed by atoms with Crippen LogP contribution in [-0.4, -0.2) is 24.3 Å². The number of carboxylic acids is 1. The summed E-state index contributed by atoms with van der Waals surface area (Å²) in [4.78, 5) is 10.7. The lowest BCUT2D eigenvalue weighted by atomic mass is 9.98. The minimum atomic E-state index is -0.965. The molecule has 1 unspecified atom stereocenters. The molecule has 1 atom stereocenters. The van der Waals surface area contributed by atoms with E-state index in [1.54, 1.807) is 13.0 Å². The molecule has 0 radical (unpaired) electrons. The van der Waals surface area contributed by atoms with Crippen LogP contribution in [0.15, 0.2) is 6.07 Å². The zero-order valence-electron chi connectivity index (χ0n) is 9.90. The number of carboxylic acid groups (broad SMARTS) is 1. The van der Waals surface area contributed by atoms with E-state index in [1.807, 2.05) is 0 Å². The predicted molar refractivity (Wildman–Crippen MR) is 66.4 cm³/mol. The van der Waals surface area contributed by atoms with Crippen LogP contribution in [0.3, 0.4) is 0 Å². The van der Waals surface area contributed by atoms with Crippen molar-refractivity contribution in [2.75, 3.05) is 13.2 Å². The molecular weight excluding hydrogens is 258 g/mol. The highest BCUT2D eigenvalue weighted by Crippen LogP contribution is 2.41. The summed E-state index contributed by atoms with van der Waals surface area (Å²) in [5.74, 6) is 0.212. The Hall–Kier alpha value is -1.46. The van der Waals surface area contributed by atoms with Crippen LogP contribution in [-0.2, 0) is 4.79 Å². The third-order valence-electron chi connectivity index (χ3n) is 2.84. The molecule has 1 aromatic rings. The van der Waals surface area contributed by atoms with Crippen LogP contribution in [0.5, 0.6) is 11.5 Å². The summed E-state index contributed by atoms with van der Waals surface area (Å²) in [6, 6.07) is 0.964. The van der Waals surface area contributed by atoms with Gasteiger partial charge in [-0.1, -0.05) is 11.6 Å². The van der Waals surface area contributed by atoms with Crippen molar-refractivity contribution in [3.05, 3.63) is 22.2 Å². The first-order chi connectivity index (χ1) is 8.50. The molecule has 0 bridgehead atoms. The van der Waals surface area contributed by atoms with E-state index in [2.05, 4.69) is 0 Å². The molecule has 5 nitrogen and oxygen atoms in total. The molecule has 0 aromatic heterocycles. The van der Waals surface area contributed by atoms with Gasteiger partial charge in [-0.3, -0.25) is 4.79 Å². The van der Waals surface area contributed by atoms with Gasteiger partial charge < -0.3 is 20.3 Å². The minimum absolute atomic E-state index is 0.180. The molecule has 98 valence electrons. The van der Waals surface area contributed by atoms with Crippen molar-refractivity contribution >= 4 is 17.6 Å². The summed E-state index contributed by atoms with van der Waals surface area (Å²) < 4.78 is 11.0. The Kier molecular flexibility index (Phi) is 3.63. The fourth-order valence-corrected chi connectivity index (χ4v) is 2.45. The number of hydrogen-bond acceptors (Lipinski definition) is 4. The van der Waals surface area contributed by atoms with Gasteiger partial charge >= 0.3 is 5.97 Å². The number of nitrogens with two attached hydrogens (primary N) is 1. The van der Waals surface area contributed by atoms with Crippen LogP contribution in [0.1, 0.15) is 23.6 Å². The molecule has 1 aromatic carbocycles. The maximum atomic E-state index is 10.7. The molecule has 1 aliphatic rings. The van der Waals surface area contributed by atoms with E-state index in [-0.39, 0.29) is 6.42 Å². The molecule has 1 aliphatic heterocycles. The highest BCUT2D eigenvalue weighted by molar-refractivity contribution is 6.31. The number of hydrogen-bond donors (Lipinski definition) is 2. The summed E-state index contributed by atoms with van der Waals surface area (Å²) in [5.41, 5.74) is 7.21. The van der Waals surface area contributed by atoms with Gasteiger partial charge in [0.05, 0.1) is 6.42 Å². The zero-order valence-corrected chi connectivity index (χ0v) is 10.7. The number of rotatable bonds is 3. The van der Waals surface area contributed by atoms with Crippen molar-refractivity contribution in [1.82, 2.24) is 0 Å². The van der Waals surface area contributed by atoms with E-state index in [0.717, 1.165) is 5.56 Å². The average Bonchev–Trinajstić information content (AvgIpc) is 2.27. The van der Waals surface area contributed by atoms with E-state index in [4.69, 9.17) is 31.9 Å². The first kappa shape index (κ1) is 13.0. The molecule has 6 heteroatoms. The second kappa shape index (κ2) is 5.04. The van der Waals surface area contributed by atoms with Gasteiger partial charge in [-0.05, 0) is 12.5 Å². The van der Waals surface area contributed by atoms with Crippen LogP contribution in [0.2, 0.25) is 5.02 Å². The van der Waals surface area contributed by atoms with Gasteiger partial charge in [0.1, 0.15) is 13.2 Å². The van der Waals surface area contributed by atoms with Crippen LogP contribution >= 0.6 is 11.6 Å². The minimum Gasteiger partial charge on any atom is -0.486 e. The largest absolute Gasteiger partial charge is 0.486 e. The second-order valence-corrected chi connectivity index (χ2v) is 4.53. The van der Waals surface area contributed by atoms with E-state index < -0.39 is 12.0 Å². The lowest BCUT2D eigenvalue weighted by Crippen LogP contribution is -2.20. The van der Waals surface area contributed by atoms with E-state index >= 15 is 0 Å². The quantitative estimate of drug-likeness (QED) is 0.877. The topological polar surface area (TPSA) is 81.8 Å². The van der Waals surface area contributed by atoms with Gasteiger partial charge in [0.25, 0.3) is 0 Å². The normalized spacial score (nSPS) is 15.3. The SMILES string of the molecule is Cc1c2c(cc(Cl)c1C(N)CC(=O)O)OCCO2. The summed E-state index contributed by atoms with van der Waals surface area (Å²) in [5, 5.41) is 9.19. The van der Waals surface area contributed by atoms with Crippen LogP contribution in [0.25, 0.3) is 0 Å². The molecule has 0 fully saturated rings. The predicted octanol–water partition coefficient (Wildman–Crippen LogP) is 1.89. The highest BCUT2D eigenvalue weighted by Gasteiger charge is 2.24. The number of carbonyl (C=O) groups is 1. The van der Waals surface area contributed by atoms with E-state index in [1.165, 1.54) is 0 Å². The fourth-order valence-electron chi connectivity index (χ4n) is 2.07. The molecule has 1 heterocycles. The Morgan fingerprint density at radius 2 is 2.22 bits per heavy atom. The summed E-state index contributed by atoms with van der Waals surface area (Å²) in [6.07, 6.45) is -0.180. The Balaban J connectivity index is 2.44. The van der Waals surface area contributed by atoms with Crippen LogP contribution < -0.4 is 15.2 Å². The second-order valence-electron chi connectivity index (χ2n) is 4.13. The number of fused-ring (bicyclic) bond motifs is 1. The molecule has 0 saturated heterocycles. The van der Waals surface area contributed by atoms with Crippen molar-refractivity contribution in [1.29, 1.82) is 0 Å². The average molecular weight is 272 g/mol. The molecule has 0 amide bonds. The number of ether oxygens (including phenoxy) is 2. The fraction of sp³-hybridized carbons (Fsp3) is 0.417. The zero-order chi connectivity index (χ0) is 13.3. The van der Waals surface area contributed by atoms with Crippen molar-refractivity contribution in [2.24, 2.45) is 5.73 Å². The maximum absolute atomic E-state index is 10.7. The molecule has 2 rings (SSSR count). The number of halogens is 1. The summed E-state index contributed by atoms with van der Waals surface area (Å²) in [7, 11) is 0. The van der Waals surface area contributed by atoms with Crippen molar-refractivity contribution in [3.63, 3.8) is 0 Å². The Bertz CT molecular complexity index is 489. The first-order valence-corrected chi connectivity index (χ1v) is 5.94. The molecule has 18 heavy (non-hydrogen) atoms. The number of benzene rings is 1. The smallest absolute Gasteiger partial charge is 0.305 e. The first-order valence-electron chi connectivity index (χ1n) is 5.56.